The summed E-state index contributed by atoms with van der Waals surface area (Å²) in [6.45, 7) is 9.58. The molecule has 0 radical (unpaired) electrons. The summed E-state index contributed by atoms with van der Waals surface area (Å²) in [4.78, 5) is 4.63. The van der Waals surface area contributed by atoms with Crippen LogP contribution in [0.2, 0.25) is 0 Å². The quantitative estimate of drug-likeness (QED) is 0.154. The van der Waals surface area contributed by atoms with E-state index in [-0.39, 0.29) is 10.8 Å². The normalized spacial score (nSPS) is 14.2. The fraction of sp³-hybridized carbons (Fsp3) is 0.143. The first-order valence-corrected chi connectivity index (χ1v) is 20.8. The highest BCUT2D eigenvalue weighted by molar-refractivity contribution is 6.06. The first-order valence-electron chi connectivity index (χ1n) is 20.8. The number of hydrogen-bond acceptors (Lipinski definition) is 3. The van der Waals surface area contributed by atoms with Crippen LogP contribution in [-0.4, -0.2) is 0 Å². The van der Waals surface area contributed by atoms with Gasteiger partial charge in [0, 0.05) is 51.0 Å². The fourth-order valence-corrected chi connectivity index (χ4v) is 9.08. The number of rotatable bonds is 8. The van der Waals surface area contributed by atoms with Crippen molar-refractivity contribution in [2.75, 3.05) is 9.80 Å². The topological polar surface area (TPSA) is 19.6 Å². The Balaban J connectivity index is 1.00. The highest BCUT2D eigenvalue weighted by Crippen LogP contribution is 2.47. The molecule has 0 bridgehead atoms. The molecule has 3 nitrogen and oxygen atoms in total. The van der Waals surface area contributed by atoms with Crippen LogP contribution in [0, 0.1) is 0 Å². The zero-order valence-electron chi connectivity index (χ0n) is 34.2. The molecule has 0 atom stereocenters. The van der Waals surface area contributed by atoms with Crippen LogP contribution in [0.3, 0.4) is 0 Å². The molecular formula is C56H48N2O. The molecule has 8 aromatic carbocycles. The van der Waals surface area contributed by atoms with Crippen molar-refractivity contribution < 1.29 is 4.42 Å². The van der Waals surface area contributed by atoms with Crippen molar-refractivity contribution in [1.82, 2.24) is 0 Å². The molecule has 0 aliphatic heterocycles. The maximum Gasteiger partial charge on any atom is 0.137 e. The average molecular weight is 765 g/mol. The van der Waals surface area contributed by atoms with Crippen molar-refractivity contribution >= 4 is 56.1 Å². The van der Waals surface area contributed by atoms with Crippen LogP contribution >= 0.6 is 0 Å². The lowest BCUT2D eigenvalue weighted by molar-refractivity contribution is 0.332. The van der Waals surface area contributed by atoms with Gasteiger partial charge >= 0.3 is 0 Å². The van der Waals surface area contributed by atoms with E-state index in [0.29, 0.717) is 0 Å². The van der Waals surface area contributed by atoms with Crippen molar-refractivity contribution in [1.29, 1.82) is 0 Å². The number of benzene rings is 8. The van der Waals surface area contributed by atoms with E-state index < -0.39 is 0 Å². The molecule has 9 aromatic rings. The molecule has 0 saturated carbocycles. The Labute approximate surface area is 347 Å². The van der Waals surface area contributed by atoms with E-state index in [2.05, 4.69) is 219 Å². The van der Waals surface area contributed by atoms with E-state index in [4.69, 9.17) is 4.42 Å². The Morgan fingerprint density at radius 1 is 0.339 bits per heavy atom. The first-order chi connectivity index (χ1) is 28.7. The minimum absolute atomic E-state index is 0.159. The second-order valence-corrected chi connectivity index (χ2v) is 17.3. The molecule has 0 fully saturated rings. The Bertz CT molecular complexity index is 2870. The fourth-order valence-electron chi connectivity index (χ4n) is 9.08. The van der Waals surface area contributed by atoms with Crippen molar-refractivity contribution in [2.24, 2.45) is 0 Å². The standard InChI is InChI=1S/C56H48N2O/c1-55(2)35-36-56(3,4)52-37-42(25-34-51(52)55)41-23-30-47(31-24-41)58(48-32-33-50-49-17-11-12-18-53(49)59-54(50)38-48)46-28-21-40(22-29-46)39-19-26-45(27-20-39)57(43-13-7-5-8-14-43)44-15-9-6-10-16-44/h5-34,37-38H,35-36H2,1-4H3. The van der Waals surface area contributed by atoms with E-state index >= 15 is 0 Å². The zero-order chi connectivity index (χ0) is 40.1. The molecule has 0 spiro atoms. The van der Waals surface area contributed by atoms with Crippen molar-refractivity contribution in [3.8, 4) is 22.3 Å². The van der Waals surface area contributed by atoms with Crippen LogP contribution in [0.15, 0.2) is 199 Å². The summed E-state index contributed by atoms with van der Waals surface area (Å²) in [6, 6.07) is 69.9. The number of para-hydroxylation sites is 3. The van der Waals surface area contributed by atoms with Crippen molar-refractivity contribution in [2.45, 2.75) is 51.4 Å². The van der Waals surface area contributed by atoms with Gasteiger partial charge in [0.05, 0.1) is 0 Å². The minimum Gasteiger partial charge on any atom is -0.456 e. The highest BCUT2D eigenvalue weighted by atomic mass is 16.3. The lowest BCUT2D eigenvalue weighted by Crippen LogP contribution is -2.33. The van der Waals surface area contributed by atoms with E-state index in [0.717, 1.165) is 67.2 Å². The lowest BCUT2D eigenvalue weighted by atomic mass is 9.63. The molecule has 0 unspecified atom stereocenters. The highest BCUT2D eigenvalue weighted by Gasteiger charge is 2.37. The maximum atomic E-state index is 6.40. The Kier molecular flexibility index (Phi) is 8.98. The van der Waals surface area contributed by atoms with Gasteiger partial charge in [-0.3, -0.25) is 0 Å². The van der Waals surface area contributed by atoms with Gasteiger partial charge in [-0.25, -0.2) is 0 Å². The molecule has 59 heavy (non-hydrogen) atoms. The summed E-state index contributed by atoms with van der Waals surface area (Å²) >= 11 is 0. The monoisotopic (exact) mass is 764 g/mol. The van der Waals surface area contributed by atoms with Crippen LogP contribution < -0.4 is 9.80 Å². The van der Waals surface area contributed by atoms with E-state index in [9.17, 15) is 0 Å². The summed E-state index contributed by atoms with van der Waals surface area (Å²) in [5.41, 5.74) is 16.5. The molecular weight excluding hydrogens is 717 g/mol. The lowest BCUT2D eigenvalue weighted by Gasteiger charge is -2.42. The van der Waals surface area contributed by atoms with Gasteiger partial charge in [-0.05, 0) is 136 Å². The predicted molar refractivity (Wildman–Crippen MR) is 249 cm³/mol. The van der Waals surface area contributed by atoms with Gasteiger partial charge in [-0.2, -0.15) is 0 Å². The predicted octanol–water partition coefficient (Wildman–Crippen LogP) is 16.2. The van der Waals surface area contributed by atoms with E-state index in [1.54, 1.807) is 0 Å². The van der Waals surface area contributed by atoms with Crippen molar-refractivity contribution in [3.63, 3.8) is 0 Å². The van der Waals surface area contributed by atoms with Gasteiger partial charge < -0.3 is 14.2 Å². The number of furan rings is 1. The molecule has 3 heteroatoms. The van der Waals surface area contributed by atoms with Crippen LogP contribution in [0.25, 0.3) is 44.2 Å². The van der Waals surface area contributed by atoms with Crippen molar-refractivity contribution in [3.05, 3.63) is 205 Å². The zero-order valence-corrected chi connectivity index (χ0v) is 34.2. The summed E-state index contributed by atoms with van der Waals surface area (Å²) in [7, 11) is 0. The molecule has 0 N–H and O–H groups in total. The Morgan fingerprint density at radius 2 is 0.746 bits per heavy atom. The summed E-state index contributed by atoms with van der Waals surface area (Å²) in [6.07, 6.45) is 2.41. The molecule has 1 aromatic heterocycles. The molecule has 1 aliphatic rings. The first kappa shape index (κ1) is 36.5. The number of nitrogens with zero attached hydrogens (tertiary/aromatic N) is 2. The average Bonchev–Trinajstić information content (AvgIpc) is 3.65. The van der Waals surface area contributed by atoms with Gasteiger partial charge in [0.25, 0.3) is 0 Å². The molecule has 1 aliphatic carbocycles. The molecule has 0 amide bonds. The second-order valence-electron chi connectivity index (χ2n) is 17.3. The van der Waals surface area contributed by atoms with Crippen LogP contribution in [0.4, 0.5) is 34.1 Å². The van der Waals surface area contributed by atoms with Crippen LogP contribution in [0.5, 0.6) is 0 Å². The van der Waals surface area contributed by atoms with Gasteiger partial charge in [-0.15, -0.1) is 0 Å². The Hall–Kier alpha value is -6.84. The van der Waals surface area contributed by atoms with Gasteiger partial charge in [-0.1, -0.05) is 137 Å². The van der Waals surface area contributed by atoms with E-state index in [1.165, 1.54) is 35.1 Å². The Morgan fingerprint density at radius 3 is 1.31 bits per heavy atom. The van der Waals surface area contributed by atoms with Gasteiger partial charge in [0.1, 0.15) is 11.2 Å². The molecule has 1 heterocycles. The largest absolute Gasteiger partial charge is 0.456 e. The van der Waals surface area contributed by atoms with Crippen LogP contribution in [-0.2, 0) is 10.8 Å². The third kappa shape index (κ3) is 6.77. The third-order valence-electron chi connectivity index (χ3n) is 12.5. The SMILES string of the molecule is CC1(C)CCC(C)(C)c2cc(-c3ccc(N(c4ccc(-c5ccc(N(c6ccccc6)c6ccccc6)cc5)cc4)c4ccc5c(c4)oc4ccccc45)cc3)ccc21. The maximum absolute atomic E-state index is 6.40. The van der Waals surface area contributed by atoms with Crippen LogP contribution in [0.1, 0.15) is 51.7 Å². The number of hydrogen-bond donors (Lipinski definition) is 0. The molecule has 0 saturated heterocycles. The summed E-state index contributed by atoms with van der Waals surface area (Å²) in [5, 5.41) is 2.25. The third-order valence-corrected chi connectivity index (χ3v) is 12.5. The second kappa shape index (κ2) is 14.5. The van der Waals surface area contributed by atoms with E-state index in [1.807, 2.05) is 12.1 Å². The van der Waals surface area contributed by atoms with Gasteiger partial charge in [0.15, 0.2) is 0 Å². The number of fused-ring (bicyclic) bond motifs is 4. The van der Waals surface area contributed by atoms with Gasteiger partial charge in [0.2, 0.25) is 0 Å². The smallest absolute Gasteiger partial charge is 0.137 e. The molecule has 288 valence electrons. The summed E-state index contributed by atoms with van der Waals surface area (Å²) < 4.78 is 6.40. The number of anilines is 6. The minimum atomic E-state index is 0.159. The summed E-state index contributed by atoms with van der Waals surface area (Å²) in [5.74, 6) is 0. The molecule has 10 rings (SSSR count).